The highest BCUT2D eigenvalue weighted by Crippen LogP contribution is 2.46. The molecule has 4 aromatic rings. The Labute approximate surface area is 179 Å². The SMILES string of the molecule is Cc1cc2cc(C(C)C)cc(-c3nccc4cc(C5CCC(C)(C)C5)ccc34)c2o1. The molecule has 2 aromatic carbocycles. The van der Waals surface area contributed by atoms with Crippen molar-refractivity contribution in [1.82, 2.24) is 4.98 Å². The van der Waals surface area contributed by atoms with Crippen molar-refractivity contribution in [2.24, 2.45) is 5.41 Å². The van der Waals surface area contributed by atoms with E-state index in [2.05, 4.69) is 70.2 Å². The molecular formula is C28H31NO. The minimum Gasteiger partial charge on any atom is -0.461 e. The summed E-state index contributed by atoms with van der Waals surface area (Å²) >= 11 is 0. The smallest absolute Gasteiger partial charge is 0.143 e. The predicted molar refractivity (Wildman–Crippen MR) is 126 cm³/mol. The van der Waals surface area contributed by atoms with E-state index in [0.29, 0.717) is 17.3 Å². The van der Waals surface area contributed by atoms with Crippen molar-refractivity contribution in [3.63, 3.8) is 0 Å². The van der Waals surface area contributed by atoms with Gasteiger partial charge in [0.05, 0.1) is 5.69 Å². The Balaban J connectivity index is 1.67. The molecule has 2 aromatic heterocycles. The van der Waals surface area contributed by atoms with Gasteiger partial charge >= 0.3 is 0 Å². The molecule has 5 rings (SSSR count). The van der Waals surface area contributed by atoms with Gasteiger partial charge in [-0.15, -0.1) is 0 Å². The third-order valence-electron chi connectivity index (χ3n) is 6.91. The van der Waals surface area contributed by atoms with Crippen molar-refractivity contribution < 1.29 is 4.42 Å². The molecule has 0 radical (unpaired) electrons. The lowest BCUT2D eigenvalue weighted by Gasteiger charge is -2.18. The van der Waals surface area contributed by atoms with Gasteiger partial charge in [-0.1, -0.05) is 45.9 Å². The standard InChI is InChI=1S/C28H31NO/c1-17(2)22-14-23-12-18(3)30-27(23)25(15-22)26-24-7-6-19(13-20(24)9-11-29-26)21-8-10-28(4,5)16-21/h6-7,9,11-15,17,21H,8,10,16H2,1-5H3. The summed E-state index contributed by atoms with van der Waals surface area (Å²) in [5, 5.41) is 3.64. The van der Waals surface area contributed by atoms with Crippen LogP contribution in [0.5, 0.6) is 0 Å². The van der Waals surface area contributed by atoms with Gasteiger partial charge < -0.3 is 4.42 Å². The lowest BCUT2D eigenvalue weighted by atomic mass is 9.88. The Bertz CT molecular complexity index is 1240. The number of rotatable bonds is 3. The number of furan rings is 1. The van der Waals surface area contributed by atoms with Crippen LogP contribution < -0.4 is 0 Å². The van der Waals surface area contributed by atoms with Crippen LogP contribution in [0.3, 0.4) is 0 Å². The van der Waals surface area contributed by atoms with Crippen molar-refractivity contribution in [3.05, 3.63) is 65.5 Å². The van der Waals surface area contributed by atoms with Crippen molar-refractivity contribution in [1.29, 1.82) is 0 Å². The second kappa shape index (κ2) is 6.97. The molecule has 2 heterocycles. The van der Waals surface area contributed by atoms with Gasteiger partial charge in [0.15, 0.2) is 0 Å². The molecule has 0 saturated heterocycles. The van der Waals surface area contributed by atoms with E-state index in [0.717, 1.165) is 28.0 Å². The topological polar surface area (TPSA) is 26.0 Å². The van der Waals surface area contributed by atoms with E-state index in [1.165, 1.54) is 41.2 Å². The van der Waals surface area contributed by atoms with E-state index in [1.54, 1.807) is 0 Å². The Morgan fingerprint density at radius 1 is 1.03 bits per heavy atom. The first kappa shape index (κ1) is 19.4. The summed E-state index contributed by atoms with van der Waals surface area (Å²) < 4.78 is 6.13. The number of nitrogens with zero attached hydrogens (tertiary/aromatic N) is 1. The average Bonchev–Trinajstić information content (AvgIpc) is 3.27. The number of fused-ring (bicyclic) bond motifs is 2. The summed E-state index contributed by atoms with van der Waals surface area (Å²) in [7, 11) is 0. The van der Waals surface area contributed by atoms with Crippen molar-refractivity contribution >= 4 is 21.7 Å². The van der Waals surface area contributed by atoms with Crippen LogP contribution in [0.4, 0.5) is 0 Å². The molecule has 1 fully saturated rings. The van der Waals surface area contributed by atoms with Gasteiger partial charge in [0.1, 0.15) is 11.3 Å². The number of aryl methyl sites for hydroxylation is 1. The molecule has 1 aliphatic carbocycles. The maximum atomic E-state index is 6.13. The summed E-state index contributed by atoms with van der Waals surface area (Å²) in [6.07, 6.45) is 5.83. The van der Waals surface area contributed by atoms with Crippen LogP contribution in [0.2, 0.25) is 0 Å². The van der Waals surface area contributed by atoms with Gasteiger partial charge in [0.2, 0.25) is 0 Å². The first-order valence-electron chi connectivity index (χ1n) is 11.2. The maximum absolute atomic E-state index is 6.13. The fourth-order valence-corrected chi connectivity index (χ4v) is 5.20. The summed E-state index contributed by atoms with van der Waals surface area (Å²) in [5.41, 5.74) is 6.32. The lowest BCUT2D eigenvalue weighted by Crippen LogP contribution is -2.04. The normalized spacial score (nSPS) is 18.7. The Morgan fingerprint density at radius 3 is 2.60 bits per heavy atom. The lowest BCUT2D eigenvalue weighted by molar-refractivity contribution is 0.376. The molecule has 2 heteroatoms. The fourth-order valence-electron chi connectivity index (χ4n) is 5.20. The molecule has 2 nitrogen and oxygen atoms in total. The van der Waals surface area contributed by atoms with Crippen LogP contribution in [-0.2, 0) is 0 Å². The first-order chi connectivity index (χ1) is 14.3. The minimum atomic E-state index is 0.454. The molecule has 1 saturated carbocycles. The molecular weight excluding hydrogens is 366 g/mol. The van der Waals surface area contributed by atoms with Gasteiger partial charge in [0.25, 0.3) is 0 Å². The second-order valence-electron chi connectivity index (χ2n) is 10.2. The number of hydrogen-bond donors (Lipinski definition) is 0. The third-order valence-corrected chi connectivity index (χ3v) is 6.91. The van der Waals surface area contributed by atoms with Gasteiger partial charge in [-0.05, 0) is 84.2 Å². The maximum Gasteiger partial charge on any atom is 0.143 e. The van der Waals surface area contributed by atoms with Gasteiger partial charge in [-0.3, -0.25) is 4.98 Å². The molecule has 1 atom stereocenters. The number of hydrogen-bond acceptors (Lipinski definition) is 2. The Morgan fingerprint density at radius 2 is 1.87 bits per heavy atom. The quantitative estimate of drug-likeness (QED) is 0.347. The van der Waals surface area contributed by atoms with E-state index < -0.39 is 0 Å². The third kappa shape index (κ3) is 3.33. The highest BCUT2D eigenvalue weighted by Gasteiger charge is 2.31. The molecule has 0 spiro atoms. The highest BCUT2D eigenvalue weighted by atomic mass is 16.3. The minimum absolute atomic E-state index is 0.454. The van der Waals surface area contributed by atoms with E-state index in [9.17, 15) is 0 Å². The molecule has 1 aliphatic rings. The van der Waals surface area contributed by atoms with Crippen LogP contribution in [0.1, 0.15) is 75.7 Å². The largest absolute Gasteiger partial charge is 0.461 e. The zero-order chi connectivity index (χ0) is 21.0. The van der Waals surface area contributed by atoms with Crippen LogP contribution in [0.15, 0.2) is 53.1 Å². The zero-order valence-corrected chi connectivity index (χ0v) is 18.8. The number of benzene rings is 2. The molecule has 0 N–H and O–H groups in total. The van der Waals surface area contributed by atoms with Gasteiger partial charge in [-0.2, -0.15) is 0 Å². The van der Waals surface area contributed by atoms with Crippen LogP contribution in [-0.4, -0.2) is 4.98 Å². The molecule has 154 valence electrons. The monoisotopic (exact) mass is 397 g/mol. The molecule has 30 heavy (non-hydrogen) atoms. The van der Waals surface area contributed by atoms with Crippen LogP contribution in [0, 0.1) is 12.3 Å². The second-order valence-corrected chi connectivity index (χ2v) is 10.2. The number of pyridine rings is 1. The zero-order valence-electron chi connectivity index (χ0n) is 18.8. The Hall–Kier alpha value is -2.61. The Kier molecular flexibility index (Phi) is 4.50. The van der Waals surface area contributed by atoms with Crippen molar-refractivity contribution in [2.45, 2.75) is 65.7 Å². The summed E-state index contributed by atoms with van der Waals surface area (Å²) in [6.45, 7) is 11.3. The fraction of sp³-hybridized carbons (Fsp3) is 0.393. The van der Waals surface area contributed by atoms with E-state index >= 15 is 0 Å². The molecule has 0 amide bonds. The van der Waals surface area contributed by atoms with E-state index in [4.69, 9.17) is 9.40 Å². The van der Waals surface area contributed by atoms with Gasteiger partial charge in [-0.25, -0.2) is 0 Å². The highest BCUT2D eigenvalue weighted by molar-refractivity contribution is 6.02. The molecule has 1 unspecified atom stereocenters. The molecule has 0 aliphatic heterocycles. The van der Waals surface area contributed by atoms with Crippen molar-refractivity contribution in [3.8, 4) is 11.3 Å². The first-order valence-corrected chi connectivity index (χ1v) is 11.2. The summed E-state index contributed by atoms with van der Waals surface area (Å²) in [5.74, 6) is 2.07. The predicted octanol–water partition coefficient (Wildman–Crippen LogP) is 8.37. The van der Waals surface area contributed by atoms with Crippen molar-refractivity contribution in [2.75, 3.05) is 0 Å². The summed E-state index contributed by atoms with van der Waals surface area (Å²) in [4.78, 5) is 4.83. The van der Waals surface area contributed by atoms with Crippen LogP contribution >= 0.6 is 0 Å². The van der Waals surface area contributed by atoms with E-state index in [-0.39, 0.29) is 0 Å². The average molecular weight is 398 g/mol. The molecule has 0 bridgehead atoms. The van der Waals surface area contributed by atoms with E-state index in [1.807, 2.05) is 13.1 Å². The van der Waals surface area contributed by atoms with Gasteiger partial charge in [0, 0.05) is 22.5 Å². The number of aromatic nitrogens is 1. The summed E-state index contributed by atoms with van der Waals surface area (Å²) in [6, 6.07) is 15.8. The van der Waals surface area contributed by atoms with Crippen LogP contribution in [0.25, 0.3) is 33.0 Å².